The van der Waals surface area contributed by atoms with Crippen molar-refractivity contribution in [3.05, 3.63) is 70.4 Å². The fourth-order valence-electron chi connectivity index (χ4n) is 3.88. The maximum Gasteiger partial charge on any atom is 0.173 e. The Kier molecular flexibility index (Phi) is 6.77. The van der Waals surface area contributed by atoms with Gasteiger partial charge in [-0.05, 0) is 51.5 Å². The summed E-state index contributed by atoms with van der Waals surface area (Å²) < 4.78 is 11.8. The third-order valence-electron chi connectivity index (χ3n) is 5.30. The fraction of sp³-hybridized carbons (Fsp3) is 0.333. The summed E-state index contributed by atoms with van der Waals surface area (Å²) in [6, 6.07) is 13.5. The van der Waals surface area contributed by atoms with E-state index in [4.69, 9.17) is 21.7 Å². The zero-order valence-electron chi connectivity index (χ0n) is 18.1. The number of methoxy groups -OCH3 is 1. The van der Waals surface area contributed by atoms with Crippen LogP contribution in [0.1, 0.15) is 43.5 Å². The molecule has 6 heteroatoms. The second kappa shape index (κ2) is 9.30. The average Bonchev–Trinajstić information content (AvgIpc) is 2.71. The van der Waals surface area contributed by atoms with Gasteiger partial charge in [0.2, 0.25) is 0 Å². The Morgan fingerprint density at radius 2 is 1.93 bits per heavy atom. The van der Waals surface area contributed by atoms with E-state index in [1.807, 2.05) is 49.1 Å². The van der Waals surface area contributed by atoms with Gasteiger partial charge < -0.3 is 19.7 Å². The fourth-order valence-corrected chi connectivity index (χ4v) is 4.27. The lowest BCUT2D eigenvalue weighted by atomic mass is 9.91. The predicted molar refractivity (Wildman–Crippen MR) is 123 cm³/mol. The van der Waals surface area contributed by atoms with E-state index >= 15 is 0 Å². The van der Waals surface area contributed by atoms with Crippen molar-refractivity contribution < 1.29 is 14.3 Å². The number of carbonyl (C=O) groups excluding carboxylic acids is 1. The van der Waals surface area contributed by atoms with Crippen LogP contribution in [0, 0.1) is 6.92 Å². The molecule has 158 valence electrons. The van der Waals surface area contributed by atoms with Gasteiger partial charge in [-0.15, -0.1) is 0 Å². The van der Waals surface area contributed by atoms with E-state index in [9.17, 15) is 4.79 Å². The van der Waals surface area contributed by atoms with E-state index in [1.165, 1.54) is 5.56 Å². The number of para-hydroxylation sites is 1. The van der Waals surface area contributed by atoms with Crippen LogP contribution in [0.4, 0.5) is 0 Å². The van der Waals surface area contributed by atoms with Crippen molar-refractivity contribution in [3.63, 3.8) is 0 Å². The molecule has 1 unspecified atom stereocenters. The SMILES string of the molecule is CCN1C(=S)NC(c2cccc(OC)c2OCc2cccc(C)c2)C(C(C)=O)=C1C. The van der Waals surface area contributed by atoms with Gasteiger partial charge in [-0.3, -0.25) is 4.79 Å². The van der Waals surface area contributed by atoms with E-state index < -0.39 is 6.04 Å². The van der Waals surface area contributed by atoms with Gasteiger partial charge in [-0.1, -0.05) is 42.0 Å². The molecule has 30 heavy (non-hydrogen) atoms. The number of aryl methyl sites for hydroxylation is 1. The Hall–Kier alpha value is -2.86. The van der Waals surface area contributed by atoms with Crippen LogP contribution in [0.25, 0.3) is 0 Å². The molecule has 0 saturated heterocycles. The van der Waals surface area contributed by atoms with Crippen LogP contribution in [-0.4, -0.2) is 29.5 Å². The largest absolute Gasteiger partial charge is 0.493 e. The predicted octanol–water partition coefficient (Wildman–Crippen LogP) is 4.70. The quantitative estimate of drug-likeness (QED) is 0.651. The summed E-state index contributed by atoms with van der Waals surface area (Å²) in [5.74, 6) is 1.23. The lowest BCUT2D eigenvalue weighted by Gasteiger charge is -2.37. The summed E-state index contributed by atoms with van der Waals surface area (Å²) in [7, 11) is 1.61. The maximum absolute atomic E-state index is 12.6. The molecular weight excluding hydrogens is 396 g/mol. The molecule has 0 bridgehead atoms. The second-order valence-electron chi connectivity index (χ2n) is 7.34. The van der Waals surface area contributed by atoms with Gasteiger partial charge in [0.15, 0.2) is 22.4 Å². The molecule has 0 amide bonds. The molecular formula is C24H28N2O3S. The van der Waals surface area contributed by atoms with Crippen LogP contribution in [0.2, 0.25) is 0 Å². The number of carbonyl (C=O) groups is 1. The number of rotatable bonds is 7. The molecule has 2 aromatic rings. The van der Waals surface area contributed by atoms with E-state index in [1.54, 1.807) is 14.0 Å². The molecule has 1 atom stereocenters. The minimum atomic E-state index is -0.402. The summed E-state index contributed by atoms with van der Waals surface area (Å²) in [4.78, 5) is 14.5. The van der Waals surface area contributed by atoms with Crippen LogP contribution < -0.4 is 14.8 Å². The monoisotopic (exact) mass is 424 g/mol. The van der Waals surface area contributed by atoms with Gasteiger partial charge >= 0.3 is 0 Å². The molecule has 0 radical (unpaired) electrons. The van der Waals surface area contributed by atoms with Gasteiger partial charge in [-0.2, -0.15) is 0 Å². The van der Waals surface area contributed by atoms with Gasteiger partial charge in [0.1, 0.15) is 6.61 Å². The molecule has 0 fully saturated rings. The number of hydrogen-bond acceptors (Lipinski definition) is 4. The highest BCUT2D eigenvalue weighted by Gasteiger charge is 2.34. The minimum Gasteiger partial charge on any atom is -0.493 e. The van der Waals surface area contributed by atoms with Crippen LogP contribution in [0.5, 0.6) is 11.5 Å². The Balaban J connectivity index is 2.05. The molecule has 0 saturated carbocycles. The molecule has 0 aromatic heterocycles. The van der Waals surface area contributed by atoms with Gasteiger partial charge in [0, 0.05) is 23.4 Å². The number of Topliss-reactive ketones (excluding diaryl/α,β-unsaturated/α-hetero) is 1. The van der Waals surface area contributed by atoms with Crippen molar-refractivity contribution >= 4 is 23.1 Å². The van der Waals surface area contributed by atoms with Crippen molar-refractivity contribution in [2.45, 2.75) is 40.3 Å². The number of benzene rings is 2. The molecule has 1 N–H and O–H groups in total. The van der Waals surface area contributed by atoms with Crippen LogP contribution >= 0.6 is 12.2 Å². The van der Waals surface area contributed by atoms with E-state index in [0.29, 0.717) is 35.3 Å². The summed E-state index contributed by atoms with van der Waals surface area (Å²) >= 11 is 5.58. The normalized spacial score (nSPS) is 16.4. The summed E-state index contributed by atoms with van der Waals surface area (Å²) in [6.45, 7) is 8.67. The zero-order chi connectivity index (χ0) is 21.8. The smallest absolute Gasteiger partial charge is 0.173 e. The second-order valence-corrected chi connectivity index (χ2v) is 7.73. The highest BCUT2D eigenvalue weighted by atomic mass is 32.1. The highest BCUT2D eigenvalue weighted by Crippen LogP contribution is 2.40. The number of hydrogen-bond donors (Lipinski definition) is 1. The summed E-state index contributed by atoms with van der Waals surface area (Å²) in [5, 5.41) is 3.93. The van der Waals surface area contributed by atoms with Crippen molar-refractivity contribution in [1.82, 2.24) is 10.2 Å². The first-order valence-electron chi connectivity index (χ1n) is 10.0. The van der Waals surface area contributed by atoms with Crippen molar-refractivity contribution in [2.24, 2.45) is 0 Å². The first-order valence-corrected chi connectivity index (χ1v) is 10.4. The molecule has 0 aliphatic carbocycles. The number of ketones is 1. The average molecular weight is 425 g/mol. The van der Waals surface area contributed by atoms with E-state index in [-0.39, 0.29) is 5.78 Å². The number of nitrogens with zero attached hydrogens (tertiary/aromatic N) is 1. The number of ether oxygens (including phenoxy) is 2. The van der Waals surface area contributed by atoms with Crippen LogP contribution in [0.15, 0.2) is 53.7 Å². The Morgan fingerprint density at radius 3 is 2.57 bits per heavy atom. The molecule has 1 heterocycles. The zero-order valence-corrected chi connectivity index (χ0v) is 18.9. The van der Waals surface area contributed by atoms with Gasteiger partial charge in [0.25, 0.3) is 0 Å². The third-order valence-corrected chi connectivity index (χ3v) is 5.64. The third kappa shape index (κ3) is 4.33. The Labute approximate surface area is 183 Å². The molecule has 2 aromatic carbocycles. The number of thiocarbonyl (C=S) groups is 1. The van der Waals surface area contributed by atoms with E-state index in [2.05, 4.69) is 24.4 Å². The van der Waals surface area contributed by atoms with Crippen LogP contribution in [0.3, 0.4) is 0 Å². The Morgan fingerprint density at radius 1 is 1.20 bits per heavy atom. The topological polar surface area (TPSA) is 50.8 Å². The molecule has 1 aliphatic heterocycles. The Bertz CT molecular complexity index is 1000. The lowest BCUT2D eigenvalue weighted by Crippen LogP contribution is -2.47. The highest BCUT2D eigenvalue weighted by molar-refractivity contribution is 7.80. The molecule has 0 spiro atoms. The van der Waals surface area contributed by atoms with Crippen molar-refractivity contribution in [1.29, 1.82) is 0 Å². The maximum atomic E-state index is 12.6. The molecule has 1 aliphatic rings. The van der Waals surface area contributed by atoms with Crippen molar-refractivity contribution in [2.75, 3.05) is 13.7 Å². The van der Waals surface area contributed by atoms with Gasteiger partial charge in [-0.25, -0.2) is 0 Å². The first-order chi connectivity index (χ1) is 14.4. The van der Waals surface area contributed by atoms with E-state index in [0.717, 1.165) is 16.8 Å². The lowest BCUT2D eigenvalue weighted by molar-refractivity contribution is -0.114. The van der Waals surface area contributed by atoms with Crippen LogP contribution in [-0.2, 0) is 11.4 Å². The summed E-state index contributed by atoms with van der Waals surface area (Å²) in [5.41, 5.74) is 4.61. The number of nitrogens with one attached hydrogen (secondary N) is 1. The number of allylic oxidation sites excluding steroid dienone is 1. The molecule has 3 rings (SSSR count). The molecule has 5 nitrogen and oxygen atoms in total. The minimum absolute atomic E-state index is 0.00148. The summed E-state index contributed by atoms with van der Waals surface area (Å²) in [6.07, 6.45) is 0. The standard InChI is InChI=1S/C24H28N2O3S/c1-6-26-16(3)21(17(4)27)22(25-24(26)30)19-11-8-12-20(28-5)23(19)29-14-18-10-7-9-15(2)13-18/h7-13,22H,6,14H2,1-5H3,(H,25,30). The van der Waals surface area contributed by atoms with Crippen molar-refractivity contribution in [3.8, 4) is 11.5 Å². The van der Waals surface area contributed by atoms with Gasteiger partial charge in [0.05, 0.1) is 13.2 Å². The first kappa shape index (κ1) is 21.8.